The number of carbonyl (C=O) groups is 1. The summed E-state index contributed by atoms with van der Waals surface area (Å²) in [5, 5.41) is 3.43. The summed E-state index contributed by atoms with van der Waals surface area (Å²) < 4.78 is 17.9. The standard InChI is InChI=1S/C23H24N4O5S/c28-21(24-5-6-26-7-9-30-10-8-26)16-2-3-17-18(12-16)25-23(33)27(22(17)29)13-15-1-4-19-20(11-15)32-14-31-19/h1-4,11-12H,5-10,13-14H2,(H,24,28)(H,25,33)/p+1. The van der Waals surface area contributed by atoms with Crippen molar-refractivity contribution in [3.8, 4) is 11.5 Å². The highest BCUT2D eigenvalue weighted by molar-refractivity contribution is 7.71. The van der Waals surface area contributed by atoms with Crippen LogP contribution in [0.2, 0.25) is 0 Å². The Balaban J connectivity index is 1.32. The number of H-pyrrole nitrogens is 1. The van der Waals surface area contributed by atoms with Gasteiger partial charge in [-0.1, -0.05) is 6.07 Å². The zero-order valence-electron chi connectivity index (χ0n) is 18.0. The van der Waals surface area contributed by atoms with E-state index < -0.39 is 0 Å². The molecule has 1 saturated heterocycles. The molecule has 1 aromatic heterocycles. The summed E-state index contributed by atoms with van der Waals surface area (Å²) in [5.74, 6) is 1.17. The molecule has 0 atom stereocenters. The van der Waals surface area contributed by atoms with Gasteiger partial charge in [-0.05, 0) is 48.1 Å². The summed E-state index contributed by atoms with van der Waals surface area (Å²) in [7, 11) is 0. The van der Waals surface area contributed by atoms with E-state index in [0.29, 0.717) is 45.8 Å². The first-order valence-electron chi connectivity index (χ1n) is 10.9. The molecule has 0 spiro atoms. The highest BCUT2D eigenvalue weighted by Crippen LogP contribution is 2.32. The second kappa shape index (κ2) is 9.34. The maximum absolute atomic E-state index is 13.1. The number of aromatic nitrogens is 2. The molecule has 3 heterocycles. The molecular formula is C23H25N4O5S+. The number of quaternary nitrogens is 1. The van der Waals surface area contributed by atoms with Gasteiger partial charge >= 0.3 is 0 Å². The number of rotatable bonds is 6. The molecule has 2 aromatic carbocycles. The maximum atomic E-state index is 13.1. The van der Waals surface area contributed by atoms with E-state index in [1.165, 1.54) is 9.47 Å². The minimum absolute atomic E-state index is 0.173. The van der Waals surface area contributed by atoms with Gasteiger partial charge in [0.1, 0.15) is 13.1 Å². The van der Waals surface area contributed by atoms with Crippen LogP contribution < -0.4 is 25.2 Å². The fourth-order valence-corrected chi connectivity index (χ4v) is 4.38. The zero-order valence-corrected chi connectivity index (χ0v) is 18.8. The minimum atomic E-state index is -0.214. The van der Waals surface area contributed by atoms with Crippen LogP contribution in [0, 0.1) is 4.77 Å². The topological polar surface area (TPSA) is 99.0 Å². The molecule has 10 heteroatoms. The number of aromatic amines is 1. The van der Waals surface area contributed by atoms with E-state index in [9.17, 15) is 9.59 Å². The molecular weight excluding hydrogens is 444 g/mol. The van der Waals surface area contributed by atoms with Crippen molar-refractivity contribution in [2.24, 2.45) is 0 Å². The van der Waals surface area contributed by atoms with Crippen molar-refractivity contribution in [1.82, 2.24) is 14.9 Å². The molecule has 2 aliphatic heterocycles. The molecule has 3 aromatic rings. The summed E-state index contributed by atoms with van der Waals surface area (Å²) in [5.41, 5.74) is 1.68. The average Bonchev–Trinajstić information content (AvgIpc) is 3.30. The summed E-state index contributed by atoms with van der Waals surface area (Å²) in [4.78, 5) is 30.3. The molecule has 0 aliphatic carbocycles. The maximum Gasteiger partial charge on any atom is 0.262 e. The molecule has 0 unspecified atom stereocenters. The Morgan fingerprint density at radius 3 is 2.79 bits per heavy atom. The molecule has 2 aliphatic rings. The van der Waals surface area contributed by atoms with Gasteiger partial charge in [0.2, 0.25) is 6.79 Å². The Bertz CT molecular complexity index is 1310. The quantitative estimate of drug-likeness (QED) is 0.455. The van der Waals surface area contributed by atoms with E-state index in [1.54, 1.807) is 18.2 Å². The first-order chi connectivity index (χ1) is 16.1. The number of ether oxygens (including phenoxy) is 3. The van der Waals surface area contributed by atoms with E-state index in [2.05, 4.69) is 10.3 Å². The fraction of sp³-hybridized carbons (Fsp3) is 0.348. The first-order valence-corrected chi connectivity index (χ1v) is 11.3. The van der Waals surface area contributed by atoms with Gasteiger partial charge in [0, 0.05) is 5.56 Å². The van der Waals surface area contributed by atoms with Crippen LogP contribution in [0.15, 0.2) is 41.2 Å². The van der Waals surface area contributed by atoms with Gasteiger partial charge in [-0.2, -0.15) is 0 Å². The van der Waals surface area contributed by atoms with Crippen LogP contribution in [0.4, 0.5) is 0 Å². The third kappa shape index (κ3) is 4.63. The van der Waals surface area contributed by atoms with E-state index in [0.717, 1.165) is 38.4 Å². The second-order valence-electron chi connectivity index (χ2n) is 8.14. The van der Waals surface area contributed by atoms with Gasteiger partial charge < -0.3 is 29.4 Å². The zero-order chi connectivity index (χ0) is 22.8. The van der Waals surface area contributed by atoms with Crippen LogP contribution >= 0.6 is 12.2 Å². The molecule has 3 N–H and O–H groups in total. The van der Waals surface area contributed by atoms with Crippen molar-refractivity contribution in [2.45, 2.75) is 6.54 Å². The predicted molar refractivity (Wildman–Crippen MR) is 124 cm³/mol. The minimum Gasteiger partial charge on any atom is -0.454 e. The fourth-order valence-electron chi connectivity index (χ4n) is 4.13. The third-order valence-electron chi connectivity index (χ3n) is 5.99. The van der Waals surface area contributed by atoms with Crippen LogP contribution in [-0.4, -0.2) is 61.6 Å². The van der Waals surface area contributed by atoms with Crippen molar-refractivity contribution >= 4 is 29.0 Å². The van der Waals surface area contributed by atoms with Crippen molar-refractivity contribution in [2.75, 3.05) is 46.2 Å². The molecule has 1 fully saturated rings. The monoisotopic (exact) mass is 469 g/mol. The number of carbonyl (C=O) groups excluding carboxylic acids is 1. The predicted octanol–water partition coefficient (Wildman–Crippen LogP) is 0.481. The molecule has 9 nitrogen and oxygen atoms in total. The summed E-state index contributed by atoms with van der Waals surface area (Å²) >= 11 is 5.45. The highest BCUT2D eigenvalue weighted by atomic mass is 32.1. The van der Waals surface area contributed by atoms with Crippen LogP contribution in [0.3, 0.4) is 0 Å². The van der Waals surface area contributed by atoms with Gasteiger partial charge in [0.15, 0.2) is 16.3 Å². The van der Waals surface area contributed by atoms with Gasteiger partial charge in [0.25, 0.3) is 11.5 Å². The van der Waals surface area contributed by atoms with Gasteiger partial charge in [-0.25, -0.2) is 0 Å². The second-order valence-corrected chi connectivity index (χ2v) is 8.52. The number of fused-ring (bicyclic) bond motifs is 2. The smallest absolute Gasteiger partial charge is 0.262 e. The number of benzene rings is 2. The number of hydrogen-bond donors (Lipinski definition) is 3. The normalized spacial score (nSPS) is 15.6. The lowest BCUT2D eigenvalue weighted by atomic mass is 10.1. The van der Waals surface area contributed by atoms with E-state index in [1.807, 2.05) is 18.2 Å². The number of nitrogens with zero attached hydrogens (tertiary/aromatic N) is 1. The molecule has 1 amide bonds. The molecule has 33 heavy (non-hydrogen) atoms. The van der Waals surface area contributed by atoms with Crippen molar-refractivity contribution < 1.29 is 23.9 Å². The molecule has 0 radical (unpaired) electrons. The van der Waals surface area contributed by atoms with Gasteiger partial charge in [0.05, 0.1) is 43.8 Å². The Hall–Kier alpha value is -3.21. The van der Waals surface area contributed by atoms with Gasteiger partial charge in [-0.15, -0.1) is 0 Å². The van der Waals surface area contributed by atoms with Crippen LogP contribution in [-0.2, 0) is 11.3 Å². The van der Waals surface area contributed by atoms with Crippen molar-refractivity contribution in [1.29, 1.82) is 0 Å². The van der Waals surface area contributed by atoms with E-state index in [4.69, 9.17) is 26.4 Å². The van der Waals surface area contributed by atoms with Gasteiger partial charge in [-0.3, -0.25) is 14.2 Å². The van der Waals surface area contributed by atoms with E-state index in [-0.39, 0.29) is 18.3 Å². The molecule has 5 rings (SSSR count). The number of hydrogen-bond acceptors (Lipinski definition) is 6. The third-order valence-corrected chi connectivity index (χ3v) is 6.31. The number of nitrogens with one attached hydrogen (secondary N) is 3. The molecule has 0 bridgehead atoms. The lowest BCUT2D eigenvalue weighted by Crippen LogP contribution is -3.14. The Labute approximate surface area is 194 Å². The Morgan fingerprint density at radius 2 is 1.94 bits per heavy atom. The summed E-state index contributed by atoms with van der Waals surface area (Å²) in [6.45, 7) is 5.38. The summed E-state index contributed by atoms with van der Waals surface area (Å²) in [6.07, 6.45) is 0. The Kier molecular flexibility index (Phi) is 6.12. The average molecular weight is 470 g/mol. The van der Waals surface area contributed by atoms with E-state index >= 15 is 0 Å². The molecule has 172 valence electrons. The van der Waals surface area contributed by atoms with Crippen LogP contribution in [0.1, 0.15) is 15.9 Å². The van der Waals surface area contributed by atoms with Crippen molar-refractivity contribution in [3.63, 3.8) is 0 Å². The summed E-state index contributed by atoms with van der Waals surface area (Å²) in [6, 6.07) is 10.6. The van der Waals surface area contributed by atoms with Crippen LogP contribution in [0.5, 0.6) is 11.5 Å². The SMILES string of the molecule is O=C(NCC[NH+]1CCOCC1)c1ccc2c(=O)n(Cc3ccc4c(c3)OCO4)c(=S)[nH]c2c1. The Morgan fingerprint density at radius 1 is 1.12 bits per heavy atom. The largest absolute Gasteiger partial charge is 0.454 e. The highest BCUT2D eigenvalue weighted by Gasteiger charge is 2.16. The van der Waals surface area contributed by atoms with Crippen LogP contribution in [0.25, 0.3) is 10.9 Å². The molecule has 0 saturated carbocycles. The first kappa shape index (κ1) is 21.6. The van der Waals surface area contributed by atoms with Crippen molar-refractivity contribution in [3.05, 3.63) is 62.6 Å². The number of amides is 1. The lowest BCUT2D eigenvalue weighted by Gasteiger charge is -2.23. The lowest BCUT2D eigenvalue weighted by molar-refractivity contribution is -0.906. The number of morpholine rings is 1.